The highest BCUT2D eigenvalue weighted by molar-refractivity contribution is 14.1. The molecule has 100 valence electrons. The Hall–Kier alpha value is -0.670. The van der Waals surface area contributed by atoms with Crippen molar-refractivity contribution in [2.75, 3.05) is 31.6 Å². The molecule has 1 aromatic rings. The number of ether oxygens (including phenoxy) is 1. The van der Waals surface area contributed by atoms with Crippen LogP contribution in [0.1, 0.15) is 12.8 Å². The average Bonchev–Trinajstić information content (AvgIpc) is 2.40. The fourth-order valence-corrected chi connectivity index (χ4v) is 2.35. The van der Waals surface area contributed by atoms with Gasteiger partial charge in [0.05, 0.1) is 19.0 Å². The third-order valence-electron chi connectivity index (χ3n) is 2.83. The van der Waals surface area contributed by atoms with E-state index in [1.54, 1.807) is 0 Å². The van der Waals surface area contributed by atoms with E-state index in [2.05, 4.69) is 20.6 Å². The number of hydrogen-bond acceptors (Lipinski definition) is 5. The lowest BCUT2D eigenvalue weighted by Crippen LogP contribution is -2.33. The van der Waals surface area contributed by atoms with Gasteiger partial charge < -0.3 is 20.4 Å². The summed E-state index contributed by atoms with van der Waals surface area (Å²) in [6.07, 6.45) is 3.90. The van der Waals surface area contributed by atoms with Crippen molar-refractivity contribution < 1.29 is 4.74 Å². The summed E-state index contributed by atoms with van der Waals surface area (Å²) in [7, 11) is 0. The number of halogens is 1. The molecule has 1 saturated heterocycles. The van der Waals surface area contributed by atoms with E-state index in [0.717, 1.165) is 25.9 Å². The molecule has 0 amide bonds. The molecule has 0 radical (unpaired) electrons. The second-order valence-corrected chi connectivity index (χ2v) is 5.22. The molecule has 1 aromatic heterocycles. The van der Waals surface area contributed by atoms with Crippen LogP contribution in [0.15, 0.2) is 11.1 Å². The van der Waals surface area contributed by atoms with Gasteiger partial charge in [-0.15, -0.1) is 0 Å². The predicted octanol–water partition coefficient (Wildman–Crippen LogP) is 0.555. The highest BCUT2D eigenvalue weighted by atomic mass is 127. The van der Waals surface area contributed by atoms with E-state index in [-0.39, 0.29) is 5.56 Å². The van der Waals surface area contributed by atoms with Crippen molar-refractivity contribution in [1.82, 2.24) is 15.3 Å². The Morgan fingerprint density at radius 1 is 1.50 bits per heavy atom. The van der Waals surface area contributed by atoms with Gasteiger partial charge in [0.1, 0.15) is 9.39 Å². The van der Waals surface area contributed by atoms with Gasteiger partial charge in [0.25, 0.3) is 5.56 Å². The molecule has 0 spiro atoms. The van der Waals surface area contributed by atoms with E-state index in [1.165, 1.54) is 6.33 Å². The quantitative estimate of drug-likeness (QED) is 0.526. The number of H-pyrrole nitrogens is 1. The molecule has 6 nitrogen and oxygen atoms in total. The van der Waals surface area contributed by atoms with E-state index < -0.39 is 0 Å². The Kier molecular flexibility index (Phi) is 5.39. The highest BCUT2D eigenvalue weighted by Gasteiger charge is 2.12. The van der Waals surface area contributed by atoms with Crippen LogP contribution in [0.2, 0.25) is 0 Å². The van der Waals surface area contributed by atoms with Crippen LogP contribution in [0, 0.1) is 3.57 Å². The van der Waals surface area contributed by atoms with Crippen molar-refractivity contribution in [3.05, 3.63) is 20.3 Å². The lowest BCUT2D eigenvalue weighted by molar-refractivity contribution is 0.0394. The first-order valence-electron chi connectivity index (χ1n) is 6.07. The number of aromatic nitrogens is 2. The van der Waals surface area contributed by atoms with Crippen molar-refractivity contribution in [2.45, 2.75) is 18.9 Å². The summed E-state index contributed by atoms with van der Waals surface area (Å²) in [5.41, 5.74) is -0.118. The molecule has 1 fully saturated rings. The third-order valence-corrected chi connectivity index (χ3v) is 3.83. The molecular weight excluding hydrogens is 347 g/mol. The predicted molar refractivity (Wildman–Crippen MR) is 77.9 cm³/mol. The SMILES string of the molecule is O=c1[nH]cnc(NCCOC2CCNCC2)c1I. The zero-order chi connectivity index (χ0) is 12.8. The van der Waals surface area contributed by atoms with E-state index in [0.29, 0.717) is 28.6 Å². The second-order valence-electron chi connectivity index (χ2n) is 4.14. The summed E-state index contributed by atoms with van der Waals surface area (Å²) in [4.78, 5) is 18.0. The molecule has 2 rings (SSSR count). The number of rotatable bonds is 5. The molecule has 0 bridgehead atoms. The topological polar surface area (TPSA) is 79.0 Å². The van der Waals surface area contributed by atoms with Crippen LogP contribution in [0.3, 0.4) is 0 Å². The molecule has 0 aromatic carbocycles. The molecule has 1 aliphatic heterocycles. The minimum absolute atomic E-state index is 0.118. The van der Waals surface area contributed by atoms with Crippen LogP contribution < -0.4 is 16.2 Å². The van der Waals surface area contributed by atoms with Gasteiger partial charge in [0, 0.05) is 6.54 Å². The largest absolute Gasteiger partial charge is 0.376 e. The van der Waals surface area contributed by atoms with Crippen molar-refractivity contribution in [3.8, 4) is 0 Å². The zero-order valence-electron chi connectivity index (χ0n) is 10.0. The molecular formula is C11H17IN4O2. The average molecular weight is 364 g/mol. The molecule has 2 heterocycles. The minimum Gasteiger partial charge on any atom is -0.376 e. The Morgan fingerprint density at radius 3 is 3.06 bits per heavy atom. The molecule has 1 aliphatic rings. The monoisotopic (exact) mass is 364 g/mol. The first-order chi connectivity index (χ1) is 8.77. The van der Waals surface area contributed by atoms with Gasteiger partial charge in [-0.2, -0.15) is 0 Å². The van der Waals surface area contributed by atoms with E-state index >= 15 is 0 Å². The Bertz CT molecular complexity index is 431. The van der Waals surface area contributed by atoms with Gasteiger partial charge in [-0.1, -0.05) is 0 Å². The van der Waals surface area contributed by atoms with E-state index in [9.17, 15) is 4.79 Å². The van der Waals surface area contributed by atoms with Crippen molar-refractivity contribution in [2.24, 2.45) is 0 Å². The van der Waals surface area contributed by atoms with Gasteiger partial charge in [0.2, 0.25) is 0 Å². The maximum Gasteiger partial charge on any atom is 0.266 e. The third kappa shape index (κ3) is 3.92. The maximum atomic E-state index is 11.3. The number of piperidine rings is 1. The Morgan fingerprint density at radius 2 is 2.28 bits per heavy atom. The molecule has 0 unspecified atom stereocenters. The van der Waals surface area contributed by atoms with Crippen molar-refractivity contribution in [1.29, 1.82) is 0 Å². The lowest BCUT2D eigenvalue weighted by atomic mass is 10.1. The molecule has 0 saturated carbocycles. The van der Waals surface area contributed by atoms with Crippen LogP contribution >= 0.6 is 22.6 Å². The fraction of sp³-hybridized carbons (Fsp3) is 0.636. The maximum absolute atomic E-state index is 11.3. The van der Waals surface area contributed by atoms with Crippen LogP contribution in [0.25, 0.3) is 0 Å². The van der Waals surface area contributed by atoms with Gasteiger partial charge in [-0.05, 0) is 48.5 Å². The smallest absolute Gasteiger partial charge is 0.266 e. The fourth-order valence-electron chi connectivity index (χ4n) is 1.86. The van der Waals surface area contributed by atoms with Gasteiger partial charge >= 0.3 is 0 Å². The summed E-state index contributed by atoms with van der Waals surface area (Å²) in [5.74, 6) is 0.619. The zero-order valence-corrected chi connectivity index (χ0v) is 12.2. The standard InChI is InChI=1S/C11H17IN4O2/c12-9-10(15-7-16-11(9)17)14-5-6-18-8-1-3-13-4-2-8/h7-8,13H,1-6H2,(H2,14,15,16,17). The number of aromatic amines is 1. The van der Waals surface area contributed by atoms with Gasteiger partial charge in [0.15, 0.2) is 0 Å². The summed E-state index contributed by atoms with van der Waals surface area (Å²) < 4.78 is 6.34. The van der Waals surface area contributed by atoms with E-state index in [4.69, 9.17) is 4.74 Å². The Balaban J connectivity index is 1.71. The van der Waals surface area contributed by atoms with Crippen molar-refractivity contribution >= 4 is 28.4 Å². The Labute approximate surface area is 119 Å². The minimum atomic E-state index is -0.118. The van der Waals surface area contributed by atoms with Crippen LogP contribution in [0.4, 0.5) is 5.82 Å². The molecule has 0 aliphatic carbocycles. The highest BCUT2D eigenvalue weighted by Crippen LogP contribution is 2.09. The second kappa shape index (κ2) is 7.05. The first kappa shape index (κ1) is 13.8. The number of nitrogens with one attached hydrogen (secondary N) is 3. The van der Waals surface area contributed by atoms with Crippen LogP contribution in [-0.4, -0.2) is 42.3 Å². The first-order valence-corrected chi connectivity index (χ1v) is 7.14. The van der Waals surface area contributed by atoms with Gasteiger partial charge in [-0.25, -0.2) is 4.98 Å². The molecule has 3 N–H and O–H groups in total. The van der Waals surface area contributed by atoms with Crippen LogP contribution in [0.5, 0.6) is 0 Å². The summed E-state index contributed by atoms with van der Waals surface area (Å²) in [6.45, 7) is 3.36. The van der Waals surface area contributed by atoms with E-state index in [1.807, 2.05) is 22.6 Å². The molecule has 0 atom stereocenters. The number of anilines is 1. The van der Waals surface area contributed by atoms with Crippen molar-refractivity contribution in [3.63, 3.8) is 0 Å². The normalized spacial score (nSPS) is 16.7. The summed E-state index contributed by atoms with van der Waals surface area (Å²) >= 11 is 1.98. The molecule has 18 heavy (non-hydrogen) atoms. The summed E-state index contributed by atoms with van der Waals surface area (Å²) in [6, 6.07) is 0. The lowest BCUT2D eigenvalue weighted by Gasteiger charge is -2.23. The van der Waals surface area contributed by atoms with Crippen LogP contribution in [-0.2, 0) is 4.74 Å². The number of nitrogens with zero attached hydrogens (tertiary/aromatic N) is 1. The summed E-state index contributed by atoms with van der Waals surface area (Å²) in [5, 5.41) is 6.41. The number of hydrogen-bond donors (Lipinski definition) is 3. The van der Waals surface area contributed by atoms with Gasteiger partial charge in [-0.3, -0.25) is 4.79 Å². The molecule has 7 heteroatoms.